The topological polar surface area (TPSA) is 15.3 Å². The Kier molecular flexibility index (Phi) is 4.74. The lowest BCUT2D eigenvalue weighted by atomic mass is 9.84. The first kappa shape index (κ1) is 14.1. The molecule has 2 unspecified atom stereocenters. The minimum atomic E-state index is 0.681. The van der Waals surface area contributed by atoms with E-state index >= 15 is 0 Å². The van der Waals surface area contributed by atoms with E-state index in [0.717, 1.165) is 12.5 Å². The lowest BCUT2D eigenvalue weighted by molar-refractivity contribution is 0.0875. The minimum Gasteiger partial charge on any atom is -0.311 e. The van der Waals surface area contributed by atoms with Crippen molar-refractivity contribution in [2.75, 3.05) is 19.6 Å². The van der Waals surface area contributed by atoms with E-state index in [1.54, 1.807) is 0 Å². The molecule has 0 bridgehead atoms. The summed E-state index contributed by atoms with van der Waals surface area (Å²) in [6.45, 7) is 6.02. The Morgan fingerprint density at radius 1 is 1.20 bits per heavy atom. The molecule has 0 amide bonds. The fourth-order valence-corrected chi connectivity index (χ4v) is 3.52. The van der Waals surface area contributed by atoms with Gasteiger partial charge in [0.2, 0.25) is 0 Å². The average molecular weight is 272 g/mol. The van der Waals surface area contributed by atoms with Crippen LogP contribution < -0.4 is 5.32 Å². The highest BCUT2D eigenvalue weighted by atomic mass is 15.2. The first-order valence-electron chi connectivity index (χ1n) is 8.36. The van der Waals surface area contributed by atoms with E-state index in [1.165, 1.54) is 50.8 Å². The molecule has 0 radical (unpaired) electrons. The average Bonchev–Trinajstić information content (AvgIpc) is 2.45. The molecule has 0 aromatic heterocycles. The van der Waals surface area contributed by atoms with Crippen LogP contribution >= 0.6 is 0 Å². The zero-order valence-corrected chi connectivity index (χ0v) is 12.7. The second-order valence-electron chi connectivity index (χ2n) is 6.61. The van der Waals surface area contributed by atoms with Gasteiger partial charge >= 0.3 is 0 Å². The normalized spacial score (nSPS) is 28.2. The Balaban J connectivity index is 1.63. The molecule has 1 aromatic rings. The molecule has 1 saturated heterocycles. The van der Waals surface area contributed by atoms with Crippen molar-refractivity contribution in [1.82, 2.24) is 10.2 Å². The number of hydrogen-bond donors (Lipinski definition) is 1. The van der Waals surface area contributed by atoms with E-state index in [4.69, 9.17) is 0 Å². The van der Waals surface area contributed by atoms with E-state index in [1.807, 2.05) is 0 Å². The number of rotatable bonds is 5. The smallest absolute Gasteiger partial charge is 0.0261 e. The van der Waals surface area contributed by atoms with Gasteiger partial charge in [0.15, 0.2) is 0 Å². The van der Waals surface area contributed by atoms with Crippen LogP contribution in [0.5, 0.6) is 0 Å². The summed E-state index contributed by atoms with van der Waals surface area (Å²) < 4.78 is 0. The summed E-state index contributed by atoms with van der Waals surface area (Å²) in [6.07, 6.45) is 6.81. The summed E-state index contributed by atoms with van der Waals surface area (Å²) in [4.78, 5) is 2.78. The predicted molar refractivity (Wildman–Crippen MR) is 84.9 cm³/mol. The summed E-state index contributed by atoms with van der Waals surface area (Å²) in [5.41, 5.74) is 1.48. The van der Waals surface area contributed by atoms with Crippen molar-refractivity contribution in [3.05, 3.63) is 35.9 Å². The molecule has 1 heterocycles. The molecule has 2 nitrogen and oxygen atoms in total. The number of piperazine rings is 1. The Hall–Kier alpha value is -0.860. The van der Waals surface area contributed by atoms with Crippen molar-refractivity contribution in [3.8, 4) is 0 Å². The molecular formula is C18H28N2. The highest BCUT2D eigenvalue weighted by molar-refractivity contribution is 5.16. The maximum Gasteiger partial charge on any atom is 0.0261 e. The van der Waals surface area contributed by atoms with Crippen LogP contribution in [0, 0.1) is 5.92 Å². The zero-order chi connectivity index (χ0) is 13.8. The molecule has 1 N–H and O–H groups in total. The van der Waals surface area contributed by atoms with Crippen LogP contribution in [0.15, 0.2) is 30.3 Å². The molecule has 1 aliphatic carbocycles. The highest BCUT2D eigenvalue weighted by Gasteiger charge is 2.30. The molecular weight excluding hydrogens is 244 g/mol. The molecule has 3 rings (SSSR count). The fraction of sp³-hybridized carbons (Fsp3) is 0.667. The molecule has 2 heteroatoms. The molecule has 0 spiro atoms. The molecule has 1 aliphatic heterocycles. The molecule has 2 atom stereocenters. The van der Waals surface area contributed by atoms with E-state index in [-0.39, 0.29) is 0 Å². The lowest BCUT2D eigenvalue weighted by Gasteiger charge is -2.43. The largest absolute Gasteiger partial charge is 0.311 e. The first-order chi connectivity index (χ1) is 9.85. The molecule has 1 aromatic carbocycles. The third-order valence-corrected chi connectivity index (χ3v) is 5.14. The first-order valence-corrected chi connectivity index (χ1v) is 8.36. The third-order valence-electron chi connectivity index (χ3n) is 5.14. The van der Waals surface area contributed by atoms with Crippen molar-refractivity contribution in [3.63, 3.8) is 0 Å². The SMILES string of the molecule is CCC1CN(CC2CCC2)C(Cc2ccccc2)CN1. The van der Waals surface area contributed by atoms with Crippen LogP contribution in [0.3, 0.4) is 0 Å². The van der Waals surface area contributed by atoms with Crippen molar-refractivity contribution in [1.29, 1.82) is 0 Å². The minimum absolute atomic E-state index is 0.681. The van der Waals surface area contributed by atoms with Crippen molar-refractivity contribution < 1.29 is 0 Å². The second-order valence-corrected chi connectivity index (χ2v) is 6.61. The number of nitrogens with zero attached hydrogens (tertiary/aromatic N) is 1. The van der Waals surface area contributed by atoms with Crippen molar-refractivity contribution in [2.45, 2.75) is 51.1 Å². The van der Waals surface area contributed by atoms with Gasteiger partial charge in [-0.3, -0.25) is 4.90 Å². The van der Waals surface area contributed by atoms with Crippen LogP contribution in [0.1, 0.15) is 38.2 Å². The molecule has 2 aliphatic rings. The molecule has 110 valence electrons. The van der Waals surface area contributed by atoms with E-state index in [9.17, 15) is 0 Å². The van der Waals surface area contributed by atoms with Crippen molar-refractivity contribution in [2.24, 2.45) is 5.92 Å². The van der Waals surface area contributed by atoms with E-state index < -0.39 is 0 Å². The summed E-state index contributed by atoms with van der Waals surface area (Å²) >= 11 is 0. The maximum atomic E-state index is 3.74. The predicted octanol–water partition coefficient (Wildman–Crippen LogP) is 3.08. The van der Waals surface area contributed by atoms with Crippen LogP contribution in [0.25, 0.3) is 0 Å². The van der Waals surface area contributed by atoms with Crippen LogP contribution in [0.2, 0.25) is 0 Å². The Bertz CT molecular complexity index is 397. The van der Waals surface area contributed by atoms with Crippen LogP contribution in [0.4, 0.5) is 0 Å². The summed E-state index contributed by atoms with van der Waals surface area (Å²) in [5.74, 6) is 0.976. The zero-order valence-electron chi connectivity index (χ0n) is 12.7. The molecule has 2 fully saturated rings. The Labute approximate surface area is 123 Å². The maximum absolute atomic E-state index is 3.74. The lowest BCUT2D eigenvalue weighted by Crippen LogP contribution is -2.58. The second kappa shape index (κ2) is 6.73. The van der Waals surface area contributed by atoms with Gasteiger partial charge in [-0.2, -0.15) is 0 Å². The summed E-state index contributed by atoms with van der Waals surface area (Å²) in [5, 5.41) is 3.74. The van der Waals surface area contributed by atoms with Crippen LogP contribution in [-0.2, 0) is 6.42 Å². The summed E-state index contributed by atoms with van der Waals surface area (Å²) in [7, 11) is 0. The van der Waals surface area contributed by atoms with Gasteiger partial charge in [-0.15, -0.1) is 0 Å². The van der Waals surface area contributed by atoms with E-state index in [2.05, 4.69) is 47.5 Å². The van der Waals surface area contributed by atoms with E-state index in [0.29, 0.717) is 12.1 Å². The monoisotopic (exact) mass is 272 g/mol. The number of nitrogens with one attached hydrogen (secondary N) is 1. The van der Waals surface area contributed by atoms with Gasteiger partial charge in [-0.05, 0) is 37.2 Å². The van der Waals surface area contributed by atoms with Gasteiger partial charge < -0.3 is 5.32 Å². The van der Waals surface area contributed by atoms with Gasteiger partial charge in [0, 0.05) is 31.7 Å². The van der Waals surface area contributed by atoms with Gasteiger partial charge in [-0.25, -0.2) is 0 Å². The number of hydrogen-bond acceptors (Lipinski definition) is 2. The summed E-state index contributed by atoms with van der Waals surface area (Å²) in [6, 6.07) is 12.4. The molecule has 20 heavy (non-hydrogen) atoms. The quantitative estimate of drug-likeness (QED) is 0.886. The van der Waals surface area contributed by atoms with Gasteiger partial charge in [0.05, 0.1) is 0 Å². The van der Waals surface area contributed by atoms with Crippen LogP contribution in [-0.4, -0.2) is 36.6 Å². The van der Waals surface area contributed by atoms with Gasteiger partial charge in [0.25, 0.3) is 0 Å². The van der Waals surface area contributed by atoms with Gasteiger partial charge in [0.1, 0.15) is 0 Å². The highest BCUT2D eigenvalue weighted by Crippen LogP contribution is 2.28. The molecule has 1 saturated carbocycles. The van der Waals surface area contributed by atoms with Crippen molar-refractivity contribution >= 4 is 0 Å². The Morgan fingerprint density at radius 3 is 2.65 bits per heavy atom. The van der Waals surface area contributed by atoms with Gasteiger partial charge in [-0.1, -0.05) is 43.7 Å². The Morgan fingerprint density at radius 2 is 2.00 bits per heavy atom. The standard InChI is InChI=1S/C18H28N2/c1-2-17-14-20(13-16-9-6-10-16)18(12-19-17)11-15-7-4-3-5-8-15/h3-5,7-8,16-19H,2,6,9-14H2,1H3. The number of benzene rings is 1. The third kappa shape index (κ3) is 3.42. The fourth-order valence-electron chi connectivity index (χ4n) is 3.52.